The van der Waals surface area contributed by atoms with Crippen molar-refractivity contribution in [3.63, 3.8) is 0 Å². The topological polar surface area (TPSA) is 82.1 Å². The first-order valence-electron chi connectivity index (χ1n) is 10.3. The molecule has 2 saturated heterocycles. The number of hydrogen-bond acceptors (Lipinski definition) is 5. The van der Waals surface area contributed by atoms with Gasteiger partial charge in [-0.3, -0.25) is 14.6 Å². The standard InChI is InChI=1S/C23H27N3O4/c27-20(16-25-11-13-30-14-12-25)17-26-21(28)23(24-22(26)29,19-9-5-2-6-10-19)15-18-7-3-1-4-8-18/h1-10,20,27H,11-17H2,(H,24,29). The second-order valence-corrected chi connectivity index (χ2v) is 7.85. The van der Waals surface area contributed by atoms with Crippen molar-refractivity contribution in [2.75, 3.05) is 39.4 Å². The number of imide groups is 1. The molecule has 2 aliphatic heterocycles. The summed E-state index contributed by atoms with van der Waals surface area (Å²) in [6.07, 6.45) is -0.473. The Morgan fingerprint density at radius 1 is 0.967 bits per heavy atom. The van der Waals surface area contributed by atoms with Crippen LogP contribution in [0, 0.1) is 0 Å². The summed E-state index contributed by atoms with van der Waals surface area (Å²) in [5.41, 5.74) is 0.501. The number of morpholine rings is 1. The molecular formula is C23H27N3O4. The molecule has 2 aromatic rings. The summed E-state index contributed by atoms with van der Waals surface area (Å²) in [6, 6.07) is 18.5. The van der Waals surface area contributed by atoms with Crippen LogP contribution < -0.4 is 5.32 Å². The van der Waals surface area contributed by atoms with Gasteiger partial charge in [-0.05, 0) is 11.1 Å². The first-order chi connectivity index (χ1) is 14.6. The highest BCUT2D eigenvalue weighted by Gasteiger charge is 2.52. The molecule has 2 atom stereocenters. The predicted octanol–water partition coefficient (Wildman–Crippen LogP) is 1.37. The van der Waals surface area contributed by atoms with E-state index in [2.05, 4.69) is 10.2 Å². The number of aliphatic hydroxyl groups is 1. The lowest BCUT2D eigenvalue weighted by Gasteiger charge is -2.30. The van der Waals surface area contributed by atoms with Crippen LogP contribution in [0.2, 0.25) is 0 Å². The summed E-state index contributed by atoms with van der Waals surface area (Å²) >= 11 is 0. The van der Waals surface area contributed by atoms with Crippen LogP contribution in [0.3, 0.4) is 0 Å². The van der Waals surface area contributed by atoms with Crippen molar-refractivity contribution in [3.05, 3.63) is 71.8 Å². The lowest BCUT2D eigenvalue weighted by Crippen LogP contribution is -2.48. The number of nitrogens with zero attached hydrogens (tertiary/aromatic N) is 2. The van der Waals surface area contributed by atoms with E-state index in [0.717, 1.165) is 29.1 Å². The minimum Gasteiger partial charge on any atom is -0.390 e. The predicted molar refractivity (Wildman–Crippen MR) is 112 cm³/mol. The highest BCUT2D eigenvalue weighted by atomic mass is 16.5. The molecule has 0 aromatic heterocycles. The highest BCUT2D eigenvalue weighted by molar-refractivity contribution is 6.07. The van der Waals surface area contributed by atoms with Crippen LogP contribution in [-0.2, 0) is 21.5 Å². The number of urea groups is 1. The van der Waals surface area contributed by atoms with Crippen LogP contribution in [0.1, 0.15) is 11.1 Å². The Hall–Kier alpha value is -2.74. The van der Waals surface area contributed by atoms with Gasteiger partial charge in [-0.25, -0.2) is 4.79 Å². The van der Waals surface area contributed by atoms with Gasteiger partial charge in [-0.2, -0.15) is 0 Å². The summed E-state index contributed by atoms with van der Waals surface area (Å²) in [7, 11) is 0. The van der Waals surface area contributed by atoms with Crippen molar-refractivity contribution in [2.45, 2.75) is 18.1 Å². The van der Waals surface area contributed by atoms with Gasteiger partial charge < -0.3 is 15.2 Å². The molecule has 3 amide bonds. The molecule has 0 radical (unpaired) electrons. The molecule has 2 aliphatic rings. The summed E-state index contributed by atoms with van der Waals surface area (Å²) in [6.45, 7) is 3.09. The van der Waals surface area contributed by atoms with Gasteiger partial charge in [0.05, 0.1) is 25.9 Å². The van der Waals surface area contributed by atoms with Crippen molar-refractivity contribution in [1.29, 1.82) is 0 Å². The number of hydrogen-bond donors (Lipinski definition) is 2. The highest BCUT2D eigenvalue weighted by Crippen LogP contribution is 2.33. The number of ether oxygens (including phenoxy) is 1. The monoisotopic (exact) mass is 409 g/mol. The van der Waals surface area contributed by atoms with Crippen LogP contribution in [0.5, 0.6) is 0 Å². The Morgan fingerprint density at radius 2 is 1.60 bits per heavy atom. The molecule has 7 heteroatoms. The van der Waals surface area contributed by atoms with Gasteiger partial charge in [0.25, 0.3) is 5.91 Å². The number of β-amino-alcohol motifs (C(OH)–C–C–N with tert-alkyl or cyclic N) is 1. The number of benzene rings is 2. The van der Waals surface area contributed by atoms with Crippen LogP contribution >= 0.6 is 0 Å². The minimum atomic E-state index is -1.18. The van der Waals surface area contributed by atoms with Gasteiger partial charge in [0.1, 0.15) is 0 Å². The third kappa shape index (κ3) is 4.23. The van der Waals surface area contributed by atoms with E-state index in [1.54, 1.807) is 0 Å². The summed E-state index contributed by atoms with van der Waals surface area (Å²) in [4.78, 5) is 29.6. The van der Waals surface area contributed by atoms with Gasteiger partial charge in [-0.15, -0.1) is 0 Å². The van der Waals surface area contributed by atoms with Crippen molar-refractivity contribution in [1.82, 2.24) is 15.1 Å². The molecule has 0 aliphatic carbocycles. The Labute approximate surface area is 176 Å². The molecule has 30 heavy (non-hydrogen) atoms. The number of carbonyl (C=O) groups is 2. The molecule has 2 N–H and O–H groups in total. The van der Waals surface area contributed by atoms with E-state index < -0.39 is 17.7 Å². The quantitative estimate of drug-likeness (QED) is 0.675. The van der Waals surface area contributed by atoms with Gasteiger partial charge in [0, 0.05) is 26.1 Å². The van der Waals surface area contributed by atoms with Crippen molar-refractivity contribution in [2.24, 2.45) is 0 Å². The zero-order valence-electron chi connectivity index (χ0n) is 16.9. The Balaban J connectivity index is 1.56. The van der Waals surface area contributed by atoms with Crippen molar-refractivity contribution >= 4 is 11.9 Å². The number of rotatable bonds is 7. The van der Waals surface area contributed by atoms with E-state index in [1.807, 2.05) is 60.7 Å². The fourth-order valence-corrected chi connectivity index (χ4v) is 4.18. The molecule has 2 heterocycles. The van der Waals surface area contributed by atoms with Gasteiger partial charge >= 0.3 is 6.03 Å². The van der Waals surface area contributed by atoms with E-state index in [1.165, 1.54) is 0 Å². The van der Waals surface area contributed by atoms with Crippen molar-refractivity contribution < 1.29 is 19.4 Å². The van der Waals surface area contributed by atoms with E-state index >= 15 is 0 Å². The third-order valence-electron chi connectivity index (χ3n) is 5.72. The van der Waals surface area contributed by atoms with E-state index in [-0.39, 0.29) is 12.5 Å². The van der Waals surface area contributed by atoms with Crippen LogP contribution in [0.4, 0.5) is 4.79 Å². The summed E-state index contributed by atoms with van der Waals surface area (Å²) in [5.74, 6) is -0.330. The Morgan fingerprint density at radius 3 is 2.27 bits per heavy atom. The van der Waals surface area contributed by atoms with E-state index in [9.17, 15) is 14.7 Å². The van der Waals surface area contributed by atoms with Crippen LogP contribution in [0.15, 0.2) is 60.7 Å². The molecule has 0 bridgehead atoms. The number of nitrogens with one attached hydrogen (secondary N) is 1. The molecule has 158 valence electrons. The fourth-order valence-electron chi connectivity index (χ4n) is 4.18. The molecule has 4 rings (SSSR count). The summed E-state index contributed by atoms with van der Waals surface area (Å²) < 4.78 is 5.33. The smallest absolute Gasteiger partial charge is 0.325 e. The largest absolute Gasteiger partial charge is 0.390 e. The molecule has 0 spiro atoms. The van der Waals surface area contributed by atoms with E-state index in [0.29, 0.717) is 26.2 Å². The maximum Gasteiger partial charge on any atom is 0.325 e. The number of amides is 3. The lowest BCUT2D eigenvalue weighted by molar-refractivity contribution is -0.132. The van der Waals surface area contributed by atoms with E-state index in [4.69, 9.17) is 4.74 Å². The van der Waals surface area contributed by atoms with Gasteiger partial charge in [0.15, 0.2) is 5.54 Å². The third-order valence-corrected chi connectivity index (χ3v) is 5.72. The number of carbonyl (C=O) groups excluding carboxylic acids is 2. The average molecular weight is 409 g/mol. The first-order valence-corrected chi connectivity index (χ1v) is 10.3. The second-order valence-electron chi connectivity index (χ2n) is 7.85. The maximum absolute atomic E-state index is 13.6. The van der Waals surface area contributed by atoms with Gasteiger partial charge in [-0.1, -0.05) is 60.7 Å². The van der Waals surface area contributed by atoms with Crippen LogP contribution in [0.25, 0.3) is 0 Å². The lowest BCUT2D eigenvalue weighted by atomic mass is 9.83. The Kier molecular flexibility index (Phi) is 6.13. The second kappa shape index (κ2) is 8.95. The van der Waals surface area contributed by atoms with Crippen molar-refractivity contribution in [3.8, 4) is 0 Å². The zero-order valence-corrected chi connectivity index (χ0v) is 16.9. The molecule has 7 nitrogen and oxygen atoms in total. The molecule has 0 saturated carbocycles. The molecule has 2 unspecified atom stereocenters. The summed E-state index contributed by atoms with van der Waals surface area (Å²) in [5, 5.41) is 13.5. The molecule has 2 fully saturated rings. The normalized spacial score (nSPS) is 23.4. The maximum atomic E-state index is 13.6. The minimum absolute atomic E-state index is 0.0363. The van der Waals surface area contributed by atoms with Crippen LogP contribution in [-0.4, -0.2) is 72.3 Å². The average Bonchev–Trinajstić information content (AvgIpc) is 3.01. The SMILES string of the molecule is O=C1NC(Cc2ccccc2)(c2ccccc2)C(=O)N1CC(O)CN1CCOCC1. The van der Waals surface area contributed by atoms with Gasteiger partial charge in [0.2, 0.25) is 0 Å². The number of aliphatic hydroxyl groups excluding tert-OH is 1. The Bertz CT molecular complexity index is 871. The zero-order chi connectivity index (χ0) is 21.0. The molecule has 2 aromatic carbocycles. The first kappa shape index (κ1) is 20.5. The fraction of sp³-hybridized carbons (Fsp3) is 0.391. The molecular weight excluding hydrogens is 382 g/mol.